The first-order chi connectivity index (χ1) is 22.9. The summed E-state index contributed by atoms with van der Waals surface area (Å²) in [6.45, 7) is 3.15. The number of ether oxygens (including phenoxy) is 3. The van der Waals surface area contributed by atoms with Crippen LogP contribution < -0.4 is 20.7 Å². The van der Waals surface area contributed by atoms with Crippen LogP contribution in [0.5, 0.6) is 5.75 Å². The topological polar surface area (TPSA) is 122 Å². The number of hydrogen-bond donors (Lipinski definition) is 3. The Morgan fingerprint density at radius 1 is 0.936 bits per heavy atom. The molecule has 4 aromatic rings. The Balaban J connectivity index is 1.27. The standard InChI is InChI=1S/C38H40N4O5/c1-26-34(25-46-31-20-17-27(23-39)18-21-31)47-32(24-40-26)22-19-28-11-9-10-16-33(28)41-37(43)36(42-38(44)45-2)35(29-12-5-3-6-13-29)30-14-7-4-8-15-30/h3-18,20-21,26,32,34-36,40H,19,22,24-25H2,1-2H3,(H,41,43)(H,42,44)/t26-,32-,34-,36?/m1/s1. The quantitative estimate of drug-likeness (QED) is 0.180. The SMILES string of the molecule is COC(=O)NC(C(=O)Nc1ccccc1CC[C@@H]1CN[C@H](C)[C@@H](COc2ccc(C#N)cc2)O1)C(c1ccccc1)c1ccccc1. The van der Waals surface area contributed by atoms with Crippen LogP contribution in [0.3, 0.4) is 0 Å². The molecule has 242 valence electrons. The number of methoxy groups -OCH3 is 1. The number of aryl methyl sites for hydroxylation is 1. The number of para-hydroxylation sites is 1. The van der Waals surface area contributed by atoms with E-state index in [-0.39, 0.29) is 24.2 Å². The van der Waals surface area contributed by atoms with E-state index in [1.165, 1.54) is 7.11 Å². The number of nitrogens with one attached hydrogen (secondary N) is 3. The lowest BCUT2D eigenvalue weighted by Crippen LogP contribution is -2.53. The first-order valence-corrected chi connectivity index (χ1v) is 15.8. The van der Waals surface area contributed by atoms with E-state index in [0.717, 1.165) is 23.1 Å². The zero-order valence-corrected chi connectivity index (χ0v) is 26.6. The van der Waals surface area contributed by atoms with E-state index in [2.05, 4.69) is 28.9 Å². The molecule has 1 unspecified atom stereocenters. The molecule has 0 aliphatic carbocycles. The molecule has 9 heteroatoms. The van der Waals surface area contributed by atoms with Crippen molar-refractivity contribution in [2.45, 2.75) is 50.0 Å². The molecular weight excluding hydrogens is 592 g/mol. The zero-order chi connectivity index (χ0) is 33.0. The second-order valence-electron chi connectivity index (χ2n) is 11.5. The highest BCUT2D eigenvalue weighted by Crippen LogP contribution is 2.30. The van der Waals surface area contributed by atoms with Crippen LogP contribution >= 0.6 is 0 Å². The van der Waals surface area contributed by atoms with Crippen molar-refractivity contribution in [1.82, 2.24) is 10.6 Å². The van der Waals surface area contributed by atoms with E-state index in [1.807, 2.05) is 84.9 Å². The third-order valence-corrected chi connectivity index (χ3v) is 8.39. The van der Waals surface area contributed by atoms with Gasteiger partial charge in [0.1, 0.15) is 24.5 Å². The second kappa shape index (κ2) is 16.4. The summed E-state index contributed by atoms with van der Waals surface area (Å²) >= 11 is 0. The van der Waals surface area contributed by atoms with Gasteiger partial charge in [-0.05, 0) is 66.8 Å². The number of alkyl carbamates (subject to hydrolysis) is 1. The third-order valence-electron chi connectivity index (χ3n) is 8.39. The fraction of sp³-hybridized carbons (Fsp3) is 0.289. The number of anilines is 1. The maximum atomic E-state index is 14.1. The number of nitriles is 1. The first-order valence-electron chi connectivity index (χ1n) is 15.8. The van der Waals surface area contributed by atoms with E-state index in [0.29, 0.717) is 36.6 Å². The molecule has 3 N–H and O–H groups in total. The molecule has 4 aromatic carbocycles. The summed E-state index contributed by atoms with van der Waals surface area (Å²) in [5.41, 5.74) is 3.99. The molecule has 0 radical (unpaired) electrons. The van der Waals surface area contributed by atoms with Gasteiger partial charge in [0.2, 0.25) is 5.91 Å². The van der Waals surface area contributed by atoms with Crippen LogP contribution in [0.2, 0.25) is 0 Å². The lowest BCUT2D eigenvalue weighted by molar-refractivity contribution is -0.118. The Morgan fingerprint density at radius 3 is 2.21 bits per heavy atom. The van der Waals surface area contributed by atoms with Gasteiger partial charge in [0.25, 0.3) is 0 Å². The Morgan fingerprint density at radius 2 is 1.57 bits per heavy atom. The van der Waals surface area contributed by atoms with Crippen molar-refractivity contribution >= 4 is 17.7 Å². The van der Waals surface area contributed by atoms with Crippen molar-refractivity contribution in [1.29, 1.82) is 5.26 Å². The van der Waals surface area contributed by atoms with E-state index in [1.54, 1.807) is 24.3 Å². The van der Waals surface area contributed by atoms with Crippen LogP contribution in [0.15, 0.2) is 109 Å². The molecule has 0 bridgehead atoms. The van der Waals surface area contributed by atoms with Crippen LogP contribution in [0.4, 0.5) is 10.5 Å². The summed E-state index contributed by atoms with van der Waals surface area (Å²) in [5.74, 6) is -0.130. The molecule has 47 heavy (non-hydrogen) atoms. The van der Waals surface area contributed by atoms with Gasteiger partial charge in [-0.3, -0.25) is 4.79 Å². The Kier molecular flexibility index (Phi) is 11.6. The van der Waals surface area contributed by atoms with Crippen molar-refractivity contribution in [3.63, 3.8) is 0 Å². The van der Waals surface area contributed by atoms with Gasteiger partial charge < -0.3 is 30.2 Å². The van der Waals surface area contributed by atoms with E-state index in [9.17, 15) is 9.59 Å². The van der Waals surface area contributed by atoms with E-state index >= 15 is 0 Å². The summed E-state index contributed by atoms with van der Waals surface area (Å²) in [4.78, 5) is 26.6. The Labute approximate surface area is 275 Å². The van der Waals surface area contributed by atoms with Gasteiger partial charge in [0, 0.05) is 24.2 Å². The second-order valence-corrected chi connectivity index (χ2v) is 11.5. The van der Waals surface area contributed by atoms with Crippen molar-refractivity contribution in [2.24, 2.45) is 0 Å². The molecule has 1 fully saturated rings. The van der Waals surface area contributed by atoms with Gasteiger partial charge in [0.05, 0.1) is 24.8 Å². The molecular formula is C38H40N4O5. The van der Waals surface area contributed by atoms with Crippen LogP contribution in [0.25, 0.3) is 0 Å². The number of rotatable bonds is 12. The number of amides is 2. The van der Waals surface area contributed by atoms with Crippen LogP contribution in [-0.4, -0.2) is 56.6 Å². The van der Waals surface area contributed by atoms with Gasteiger partial charge in [-0.1, -0.05) is 78.9 Å². The number of carbonyl (C=O) groups is 2. The number of carbonyl (C=O) groups excluding carboxylic acids is 2. The lowest BCUT2D eigenvalue weighted by atomic mass is 9.84. The van der Waals surface area contributed by atoms with Gasteiger partial charge in [-0.25, -0.2) is 4.79 Å². The molecule has 0 saturated carbocycles. The molecule has 0 spiro atoms. The smallest absolute Gasteiger partial charge is 0.407 e. The van der Waals surface area contributed by atoms with Crippen molar-refractivity contribution in [3.8, 4) is 11.8 Å². The summed E-state index contributed by atoms with van der Waals surface area (Å²) < 4.78 is 17.3. The van der Waals surface area contributed by atoms with E-state index in [4.69, 9.17) is 19.5 Å². The normalized spacial score (nSPS) is 18.0. The molecule has 5 rings (SSSR count). The summed E-state index contributed by atoms with van der Waals surface area (Å²) in [6.07, 6.45) is 0.483. The Hall–Kier alpha value is -5.17. The van der Waals surface area contributed by atoms with Gasteiger partial charge in [-0.15, -0.1) is 0 Å². The largest absolute Gasteiger partial charge is 0.491 e. The minimum atomic E-state index is -0.954. The molecule has 1 aliphatic rings. The van der Waals surface area contributed by atoms with Gasteiger partial charge >= 0.3 is 6.09 Å². The average molecular weight is 633 g/mol. The van der Waals surface area contributed by atoms with E-state index < -0.39 is 18.1 Å². The van der Waals surface area contributed by atoms with Crippen molar-refractivity contribution < 1.29 is 23.8 Å². The molecule has 2 amide bonds. The maximum Gasteiger partial charge on any atom is 0.407 e. The van der Waals surface area contributed by atoms with Crippen LogP contribution in [0, 0.1) is 11.3 Å². The summed E-state index contributed by atoms with van der Waals surface area (Å²) in [7, 11) is 1.28. The third kappa shape index (κ3) is 8.97. The fourth-order valence-electron chi connectivity index (χ4n) is 5.79. The molecule has 1 aliphatic heterocycles. The number of hydrogen-bond acceptors (Lipinski definition) is 7. The predicted molar refractivity (Wildman–Crippen MR) is 180 cm³/mol. The number of nitrogens with zero attached hydrogens (tertiary/aromatic N) is 1. The summed E-state index contributed by atoms with van der Waals surface area (Å²) in [6, 6.07) is 35.3. The number of benzene rings is 4. The monoisotopic (exact) mass is 632 g/mol. The minimum Gasteiger partial charge on any atom is -0.491 e. The maximum absolute atomic E-state index is 14.1. The zero-order valence-electron chi connectivity index (χ0n) is 26.6. The fourth-order valence-corrected chi connectivity index (χ4v) is 5.79. The van der Waals surface area contributed by atoms with Gasteiger partial charge in [-0.2, -0.15) is 5.26 Å². The highest BCUT2D eigenvalue weighted by molar-refractivity contribution is 5.98. The average Bonchev–Trinajstić information content (AvgIpc) is 3.12. The minimum absolute atomic E-state index is 0.0567. The summed E-state index contributed by atoms with van der Waals surface area (Å²) in [5, 5.41) is 18.5. The first kappa shape index (κ1) is 33.2. The highest BCUT2D eigenvalue weighted by Gasteiger charge is 2.33. The predicted octanol–water partition coefficient (Wildman–Crippen LogP) is 5.81. The van der Waals surface area contributed by atoms with Crippen molar-refractivity contribution in [2.75, 3.05) is 25.6 Å². The van der Waals surface area contributed by atoms with Crippen LogP contribution in [-0.2, 0) is 20.7 Å². The van der Waals surface area contributed by atoms with Crippen molar-refractivity contribution in [3.05, 3.63) is 131 Å². The van der Waals surface area contributed by atoms with Gasteiger partial charge in [0.15, 0.2) is 0 Å². The number of morpholine rings is 1. The lowest BCUT2D eigenvalue weighted by Gasteiger charge is -2.36. The molecule has 1 saturated heterocycles. The molecule has 4 atom stereocenters. The highest BCUT2D eigenvalue weighted by atomic mass is 16.5. The Bertz CT molecular complexity index is 1600. The molecule has 1 heterocycles. The molecule has 0 aromatic heterocycles. The molecule has 9 nitrogen and oxygen atoms in total. The van der Waals surface area contributed by atoms with Crippen LogP contribution in [0.1, 0.15) is 41.5 Å².